The molecule has 1 heterocycles. The molecule has 3 rings (SSSR count). The third kappa shape index (κ3) is 2.23. The third-order valence-corrected chi connectivity index (χ3v) is 4.12. The predicted molar refractivity (Wildman–Crippen MR) is 64.7 cm³/mol. The Kier molecular flexibility index (Phi) is 3.14. The van der Waals surface area contributed by atoms with Crippen LogP contribution in [0.2, 0.25) is 0 Å². The maximum absolute atomic E-state index is 5.76. The van der Waals surface area contributed by atoms with Crippen molar-refractivity contribution in [3.8, 4) is 0 Å². The first-order chi connectivity index (χ1) is 8.40. The molecule has 0 aliphatic heterocycles. The summed E-state index contributed by atoms with van der Waals surface area (Å²) in [5, 5.41) is 11.7. The van der Waals surface area contributed by atoms with Crippen molar-refractivity contribution in [2.45, 2.75) is 44.9 Å². The zero-order valence-electron chi connectivity index (χ0n) is 10.5. The second-order valence-corrected chi connectivity index (χ2v) is 5.32. The highest BCUT2D eigenvalue weighted by molar-refractivity contribution is 5.15. The van der Waals surface area contributed by atoms with Crippen LogP contribution in [0.25, 0.3) is 0 Å². The first-order valence-corrected chi connectivity index (χ1v) is 6.93. The minimum atomic E-state index is 0.605. The van der Waals surface area contributed by atoms with E-state index in [4.69, 9.17) is 4.42 Å². The van der Waals surface area contributed by atoms with E-state index in [2.05, 4.69) is 22.4 Å². The largest absolute Gasteiger partial charge is 0.425 e. The summed E-state index contributed by atoms with van der Waals surface area (Å²) in [5.41, 5.74) is 0. The topological polar surface area (TPSA) is 51.0 Å². The van der Waals surface area contributed by atoms with Gasteiger partial charge in [-0.25, -0.2) is 0 Å². The van der Waals surface area contributed by atoms with Crippen molar-refractivity contribution in [1.29, 1.82) is 0 Å². The number of aromatic nitrogens is 2. The monoisotopic (exact) mass is 235 g/mol. The average molecular weight is 235 g/mol. The number of fused-ring (bicyclic) bond motifs is 1. The summed E-state index contributed by atoms with van der Waals surface area (Å²) < 4.78 is 5.76. The summed E-state index contributed by atoms with van der Waals surface area (Å²) in [5.74, 6) is 4.04. The Labute approximate surface area is 102 Å². The van der Waals surface area contributed by atoms with Gasteiger partial charge in [0.05, 0.1) is 0 Å². The molecule has 2 atom stereocenters. The standard InChI is InChI=1S/C13H21N3O/c1-2-7-14-8-6-11-15-16-13(17-11)12-9-4-3-5-10(9)12/h9-10,12,14H,2-8H2,1H3. The van der Waals surface area contributed by atoms with E-state index < -0.39 is 0 Å². The number of nitrogens with zero attached hydrogens (tertiary/aromatic N) is 2. The molecule has 17 heavy (non-hydrogen) atoms. The second-order valence-electron chi connectivity index (χ2n) is 5.32. The van der Waals surface area contributed by atoms with Crippen molar-refractivity contribution in [3.05, 3.63) is 11.8 Å². The van der Waals surface area contributed by atoms with Gasteiger partial charge in [-0.3, -0.25) is 0 Å². The fourth-order valence-electron chi connectivity index (χ4n) is 3.19. The van der Waals surface area contributed by atoms with Crippen molar-refractivity contribution < 1.29 is 4.42 Å². The fraction of sp³-hybridized carbons (Fsp3) is 0.846. The summed E-state index contributed by atoms with van der Waals surface area (Å²) in [6.45, 7) is 4.17. The number of hydrogen-bond acceptors (Lipinski definition) is 4. The van der Waals surface area contributed by atoms with Gasteiger partial charge < -0.3 is 9.73 Å². The Morgan fingerprint density at radius 2 is 2.06 bits per heavy atom. The van der Waals surface area contributed by atoms with Crippen LogP contribution in [-0.2, 0) is 6.42 Å². The van der Waals surface area contributed by atoms with Gasteiger partial charge in [0.25, 0.3) is 0 Å². The Bertz CT molecular complexity index is 366. The van der Waals surface area contributed by atoms with Gasteiger partial charge in [0.2, 0.25) is 11.8 Å². The van der Waals surface area contributed by atoms with Crippen molar-refractivity contribution in [2.24, 2.45) is 11.8 Å². The van der Waals surface area contributed by atoms with Crippen LogP contribution in [0.4, 0.5) is 0 Å². The predicted octanol–water partition coefficient (Wildman–Crippen LogP) is 2.13. The molecule has 2 unspecified atom stereocenters. The highest BCUT2D eigenvalue weighted by Crippen LogP contribution is 2.62. The lowest BCUT2D eigenvalue weighted by Crippen LogP contribution is -2.17. The molecule has 1 aromatic rings. The van der Waals surface area contributed by atoms with E-state index in [1.807, 2.05) is 0 Å². The molecule has 0 saturated heterocycles. The van der Waals surface area contributed by atoms with E-state index in [1.165, 1.54) is 25.7 Å². The smallest absolute Gasteiger partial charge is 0.220 e. The molecular weight excluding hydrogens is 214 g/mol. The average Bonchev–Trinajstić information content (AvgIpc) is 2.77. The molecular formula is C13H21N3O. The minimum Gasteiger partial charge on any atom is -0.425 e. The molecule has 0 radical (unpaired) electrons. The van der Waals surface area contributed by atoms with E-state index in [-0.39, 0.29) is 0 Å². The summed E-state index contributed by atoms with van der Waals surface area (Å²) in [7, 11) is 0. The molecule has 1 aromatic heterocycles. The number of hydrogen-bond donors (Lipinski definition) is 1. The highest BCUT2D eigenvalue weighted by Gasteiger charge is 2.56. The molecule has 0 amide bonds. The number of nitrogens with one attached hydrogen (secondary N) is 1. The Morgan fingerprint density at radius 3 is 2.82 bits per heavy atom. The van der Waals surface area contributed by atoms with Crippen molar-refractivity contribution in [1.82, 2.24) is 15.5 Å². The molecule has 94 valence electrons. The summed E-state index contributed by atoms with van der Waals surface area (Å²) in [6.07, 6.45) is 6.15. The third-order valence-electron chi connectivity index (χ3n) is 4.12. The molecule has 1 N–H and O–H groups in total. The van der Waals surface area contributed by atoms with Crippen LogP contribution in [0.5, 0.6) is 0 Å². The summed E-state index contributed by atoms with van der Waals surface area (Å²) in [6, 6.07) is 0. The van der Waals surface area contributed by atoms with E-state index >= 15 is 0 Å². The van der Waals surface area contributed by atoms with Crippen molar-refractivity contribution >= 4 is 0 Å². The molecule has 2 aliphatic carbocycles. The van der Waals surface area contributed by atoms with Crippen molar-refractivity contribution in [3.63, 3.8) is 0 Å². The van der Waals surface area contributed by atoms with Gasteiger partial charge >= 0.3 is 0 Å². The first-order valence-electron chi connectivity index (χ1n) is 6.93. The van der Waals surface area contributed by atoms with E-state index in [0.29, 0.717) is 5.92 Å². The van der Waals surface area contributed by atoms with Gasteiger partial charge in [-0.15, -0.1) is 10.2 Å². The molecule has 2 aliphatic rings. The van der Waals surface area contributed by atoms with Crippen molar-refractivity contribution in [2.75, 3.05) is 13.1 Å². The highest BCUT2D eigenvalue weighted by atomic mass is 16.4. The lowest BCUT2D eigenvalue weighted by atomic mass is 10.1. The SMILES string of the molecule is CCCNCCc1nnc(C2C3CCCC32)o1. The Hall–Kier alpha value is -0.900. The lowest BCUT2D eigenvalue weighted by molar-refractivity contribution is 0.429. The van der Waals surface area contributed by atoms with Crippen LogP contribution in [0.3, 0.4) is 0 Å². The Balaban J connectivity index is 1.49. The molecule has 0 spiro atoms. The molecule has 0 aromatic carbocycles. The summed E-state index contributed by atoms with van der Waals surface area (Å²) >= 11 is 0. The van der Waals surface area contributed by atoms with Gasteiger partial charge in [-0.1, -0.05) is 13.3 Å². The van der Waals surface area contributed by atoms with Gasteiger partial charge in [-0.05, 0) is 37.6 Å². The van der Waals surface area contributed by atoms with Gasteiger partial charge in [0, 0.05) is 18.9 Å². The maximum atomic E-state index is 5.76. The van der Waals surface area contributed by atoms with Gasteiger partial charge in [-0.2, -0.15) is 0 Å². The van der Waals surface area contributed by atoms with E-state index in [1.54, 1.807) is 0 Å². The summed E-state index contributed by atoms with van der Waals surface area (Å²) in [4.78, 5) is 0. The van der Waals surface area contributed by atoms with Crippen LogP contribution in [0.1, 0.15) is 50.3 Å². The zero-order chi connectivity index (χ0) is 11.7. The fourth-order valence-corrected chi connectivity index (χ4v) is 3.19. The van der Waals surface area contributed by atoms with Crippen LogP contribution >= 0.6 is 0 Å². The van der Waals surface area contributed by atoms with Crippen LogP contribution in [0.15, 0.2) is 4.42 Å². The normalized spacial score (nSPS) is 30.5. The molecule has 2 saturated carbocycles. The molecule has 4 heteroatoms. The van der Waals surface area contributed by atoms with E-state index in [0.717, 1.165) is 43.1 Å². The number of rotatable bonds is 6. The van der Waals surface area contributed by atoms with Crippen LogP contribution < -0.4 is 5.32 Å². The van der Waals surface area contributed by atoms with Crippen LogP contribution in [-0.4, -0.2) is 23.3 Å². The molecule has 0 bridgehead atoms. The second kappa shape index (κ2) is 4.77. The minimum absolute atomic E-state index is 0.605. The zero-order valence-corrected chi connectivity index (χ0v) is 10.5. The van der Waals surface area contributed by atoms with Crippen LogP contribution in [0, 0.1) is 11.8 Å². The molecule has 2 fully saturated rings. The van der Waals surface area contributed by atoms with Gasteiger partial charge in [0.1, 0.15) is 0 Å². The van der Waals surface area contributed by atoms with Gasteiger partial charge in [0.15, 0.2) is 0 Å². The first kappa shape index (κ1) is 11.2. The lowest BCUT2D eigenvalue weighted by Gasteiger charge is -1.99. The quantitative estimate of drug-likeness (QED) is 0.767. The maximum Gasteiger partial charge on any atom is 0.220 e. The van der Waals surface area contributed by atoms with E-state index in [9.17, 15) is 0 Å². The molecule has 4 nitrogen and oxygen atoms in total. The Morgan fingerprint density at radius 1 is 1.24 bits per heavy atom.